The first kappa shape index (κ1) is 28.7. The number of alkyl halides is 6. The average molecular weight is 507 g/mol. The number of hydrogen-bond acceptors (Lipinski definition) is 4. The van der Waals surface area contributed by atoms with E-state index >= 15 is 0 Å². The van der Waals surface area contributed by atoms with Gasteiger partial charge in [0.2, 0.25) is 0 Å². The second kappa shape index (κ2) is 9.85. The van der Waals surface area contributed by atoms with Gasteiger partial charge in [0.05, 0.1) is 0 Å². The molecule has 0 aliphatic carbocycles. The van der Waals surface area contributed by atoms with Crippen LogP contribution in [0.15, 0.2) is 47.0 Å². The number of hydrogen-bond donors (Lipinski definition) is 0. The van der Waals surface area contributed by atoms with E-state index in [1.54, 1.807) is 63.5 Å². The molecule has 0 fully saturated rings. The molecular weight excluding hydrogens is 474 g/mol. The third-order valence-corrected chi connectivity index (χ3v) is 6.53. The molecule has 0 saturated heterocycles. The Bertz CT molecular complexity index is 981. The number of ketones is 2. The van der Waals surface area contributed by atoms with E-state index in [0.717, 1.165) is 5.57 Å². The van der Waals surface area contributed by atoms with E-state index in [1.165, 1.54) is 12.4 Å². The zero-order valence-electron chi connectivity index (χ0n) is 20.8. The van der Waals surface area contributed by atoms with E-state index in [4.69, 9.17) is 0 Å². The first-order valence-corrected chi connectivity index (χ1v) is 11.3. The maximum atomic E-state index is 13.1. The lowest BCUT2D eigenvalue weighted by Crippen LogP contribution is -2.39. The van der Waals surface area contributed by atoms with Gasteiger partial charge in [-0.15, -0.1) is 0 Å². The summed E-state index contributed by atoms with van der Waals surface area (Å²) in [5.41, 5.74) is -1.17. The molecule has 196 valence electrons. The van der Waals surface area contributed by atoms with Crippen LogP contribution in [0.4, 0.5) is 26.3 Å². The fraction of sp³-hybridized carbons (Fsp3) is 0.600. The van der Waals surface area contributed by atoms with E-state index in [9.17, 15) is 35.9 Å². The highest BCUT2D eigenvalue weighted by Crippen LogP contribution is 2.40. The summed E-state index contributed by atoms with van der Waals surface area (Å²) in [5.74, 6) is -3.72. The molecule has 0 aromatic carbocycles. The first-order chi connectivity index (χ1) is 15.8. The molecule has 0 aromatic heterocycles. The van der Waals surface area contributed by atoms with Crippen LogP contribution in [0, 0.1) is 10.8 Å². The van der Waals surface area contributed by atoms with Gasteiger partial charge in [0, 0.05) is 48.9 Å². The van der Waals surface area contributed by atoms with Crippen molar-refractivity contribution in [1.82, 2.24) is 9.80 Å². The quantitative estimate of drug-likeness (QED) is 0.312. The standard InChI is InChI=1S/C25H32F6N2O2/c1-7-17(33-11-9-23(5,6)19(15-33)21(35)25(29,30)31)12-16(2)13-32-10-8-22(3,4)18(14-32)20(34)24(26,27)28/h7,12,14-15H,8-11,13H2,1-6H3/b16-12-,17-7+. The normalized spacial score (nSPS) is 21.5. The van der Waals surface area contributed by atoms with Gasteiger partial charge in [-0.3, -0.25) is 9.59 Å². The number of Topliss-reactive ketones (excluding diaryl/α,β-unsaturated/α-hetero) is 2. The summed E-state index contributed by atoms with van der Waals surface area (Å²) in [6.45, 7) is 10.9. The second-order valence-electron chi connectivity index (χ2n) is 10.4. The minimum absolute atomic E-state index is 0.236. The lowest BCUT2D eigenvalue weighted by Gasteiger charge is -2.38. The molecule has 0 unspecified atom stereocenters. The van der Waals surface area contributed by atoms with Gasteiger partial charge in [0.25, 0.3) is 11.6 Å². The van der Waals surface area contributed by atoms with E-state index in [0.29, 0.717) is 31.6 Å². The van der Waals surface area contributed by atoms with Crippen molar-refractivity contribution in [3.05, 3.63) is 47.0 Å². The highest BCUT2D eigenvalue weighted by atomic mass is 19.4. The maximum Gasteiger partial charge on any atom is 0.454 e. The van der Waals surface area contributed by atoms with E-state index in [1.807, 2.05) is 0 Å². The van der Waals surface area contributed by atoms with Crippen molar-refractivity contribution >= 4 is 11.6 Å². The van der Waals surface area contributed by atoms with Crippen LogP contribution in [0.1, 0.15) is 54.4 Å². The van der Waals surface area contributed by atoms with Gasteiger partial charge >= 0.3 is 12.4 Å². The molecular formula is C25H32F6N2O2. The van der Waals surface area contributed by atoms with Crippen LogP contribution in [0.2, 0.25) is 0 Å². The van der Waals surface area contributed by atoms with Gasteiger partial charge in [0.1, 0.15) is 0 Å². The SMILES string of the molecule is C/C=C(\C=C(\C)CN1C=C(C(=O)C(F)(F)F)C(C)(C)CC1)N1C=C(C(=O)C(F)(F)F)C(C)(C)CC1. The smallest absolute Gasteiger partial charge is 0.373 e. The third-order valence-electron chi connectivity index (χ3n) is 6.53. The van der Waals surface area contributed by atoms with Crippen molar-refractivity contribution in [1.29, 1.82) is 0 Å². The number of halogens is 6. The summed E-state index contributed by atoms with van der Waals surface area (Å²) >= 11 is 0. The molecule has 2 aliphatic heterocycles. The predicted molar refractivity (Wildman–Crippen MR) is 121 cm³/mol. The molecule has 35 heavy (non-hydrogen) atoms. The highest BCUT2D eigenvalue weighted by molar-refractivity contribution is 6.01. The molecule has 0 radical (unpaired) electrons. The molecule has 0 atom stereocenters. The summed E-state index contributed by atoms with van der Waals surface area (Å²) < 4.78 is 78.6. The van der Waals surface area contributed by atoms with Crippen molar-refractivity contribution in [2.24, 2.45) is 10.8 Å². The Labute approximate surface area is 202 Å². The number of nitrogens with zero attached hydrogens (tertiary/aromatic N) is 2. The Hall–Kier alpha value is -2.52. The van der Waals surface area contributed by atoms with Crippen LogP contribution in [-0.2, 0) is 9.59 Å². The summed E-state index contributed by atoms with van der Waals surface area (Å²) in [5, 5.41) is 0. The molecule has 2 rings (SSSR count). The topological polar surface area (TPSA) is 40.6 Å². The Morgan fingerprint density at radius 3 is 1.80 bits per heavy atom. The summed E-state index contributed by atoms with van der Waals surface area (Å²) in [7, 11) is 0. The van der Waals surface area contributed by atoms with Crippen LogP contribution in [0.25, 0.3) is 0 Å². The Morgan fingerprint density at radius 2 is 1.34 bits per heavy atom. The summed E-state index contributed by atoms with van der Waals surface area (Å²) in [6, 6.07) is 0. The second-order valence-corrected chi connectivity index (χ2v) is 10.4. The lowest BCUT2D eigenvalue weighted by atomic mass is 9.77. The monoisotopic (exact) mass is 506 g/mol. The molecule has 0 amide bonds. The van der Waals surface area contributed by atoms with Gasteiger partial charge in [-0.1, -0.05) is 39.3 Å². The van der Waals surface area contributed by atoms with Gasteiger partial charge in [-0.25, -0.2) is 0 Å². The van der Waals surface area contributed by atoms with Gasteiger partial charge in [-0.05, 0) is 43.6 Å². The molecule has 0 spiro atoms. The molecule has 0 N–H and O–H groups in total. The van der Waals surface area contributed by atoms with Crippen LogP contribution < -0.4 is 0 Å². The van der Waals surface area contributed by atoms with Gasteiger partial charge in [0.15, 0.2) is 0 Å². The molecule has 0 bridgehead atoms. The molecule has 10 heteroatoms. The minimum atomic E-state index is -4.98. The van der Waals surface area contributed by atoms with Crippen molar-refractivity contribution < 1.29 is 35.9 Å². The molecule has 0 aromatic rings. The number of carbonyl (C=O) groups excluding carboxylic acids is 2. The highest BCUT2D eigenvalue weighted by Gasteiger charge is 2.47. The van der Waals surface area contributed by atoms with E-state index in [-0.39, 0.29) is 17.7 Å². The fourth-order valence-corrected chi connectivity index (χ4v) is 4.23. The molecule has 2 heterocycles. The van der Waals surface area contributed by atoms with Gasteiger partial charge in [-0.2, -0.15) is 26.3 Å². The van der Waals surface area contributed by atoms with Crippen molar-refractivity contribution in [2.75, 3.05) is 19.6 Å². The van der Waals surface area contributed by atoms with Crippen LogP contribution in [0.3, 0.4) is 0 Å². The van der Waals surface area contributed by atoms with Crippen LogP contribution in [-0.4, -0.2) is 53.4 Å². The summed E-state index contributed by atoms with van der Waals surface area (Å²) in [6.07, 6.45) is -3.33. The molecule has 0 saturated carbocycles. The van der Waals surface area contributed by atoms with Crippen molar-refractivity contribution in [2.45, 2.75) is 66.7 Å². The van der Waals surface area contributed by atoms with E-state index < -0.39 is 34.7 Å². The Balaban J connectivity index is 2.30. The average Bonchev–Trinajstić information content (AvgIpc) is 2.71. The predicted octanol–water partition coefficient (Wildman–Crippen LogP) is 6.33. The Kier molecular flexibility index (Phi) is 8.08. The molecule has 2 aliphatic rings. The van der Waals surface area contributed by atoms with Crippen LogP contribution >= 0.6 is 0 Å². The lowest BCUT2D eigenvalue weighted by molar-refractivity contribution is -0.168. The van der Waals surface area contributed by atoms with Crippen molar-refractivity contribution in [3.8, 4) is 0 Å². The zero-order valence-corrected chi connectivity index (χ0v) is 20.8. The Morgan fingerprint density at radius 1 is 0.886 bits per heavy atom. The van der Waals surface area contributed by atoms with E-state index in [2.05, 4.69) is 0 Å². The van der Waals surface area contributed by atoms with Crippen molar-refractivity contribution in [3.63, 3.8) is 0 Å². The third kappa shape index (κ3) is 6.79. The molecule has 4 nitrogen and oxygen atoms in total. The maximum absolute atomic E-state index is 13.1. The zero-order chi connectivity index (χ0) is 27.0. The summed E-state index contributed by atoms with van der Waals surface area (Å²) in [4.78, 5) is 27.2. The fourth-order valence-electron chi connectivity index (χ4n) is 4.23. The number of allylic oxidation sites excluding steroid dienone is 4. The number of rotatable bonds is 6. The minimum Gasteiger partial charge on any atom is -0.373 e. The van der Waals surface area contributed by atoms with Crippen LogP contribution in [0.5, 0.6) is 0 Å². The van der Waals surface area contributed by atoms with Gasteiger partial charge < -0.3 is 9.80 Å². The first-order valence-electron chi connectivity index (χ1n) is 11.3. The largest absolute Gasteiger partial charge is 0.454 e. The number of carbonyl (C=O) groups is 2.